The summed E-state index contributed by atoms with van der Waals surface area (Å²) >= 11 is 0. The van der Waals surface area contributed by atoms with E-state index in [-0.39, 0.29) is 18.9 Å². The van der Waals surface area contributed by atoms with Crippen LogP contribution in [0.3, 0.4) is 0 Å². The van der Waals surface area contributed by atoms with Crippen molar-refractivity contribution in [2.24, 2.45) is 0 Å². The first-order valence-corrected chi connectivity index (χ1v) is 10.1. The summed E-state index contributed by atoms with van der Waals surface area (Å²) in [6, 6.07) is 10.9. The summed E-state index contributed by atoms with van der Waals surface area (Å²) in [7, 11) is -3.59. The number of aromatic nitrogens is 2. The zero-order chi connectivity index (χ0) is 18.8. The number of carbonyl (C=O) groups excluding carboxylic acids is 1. The van der Waals surface area contributed by atoms with E-state index < -0.39 is 10.0 Å². The third-order valence-corrected chi connectivity index (χ3v) is 4.70. The molecule has 0 saturated carbocycles. The summed E-state index contributed by atoms with van der Waals surface area (Å²) < 4.78 is 28.0. The standard InChI is InChI=1S/C18H24N4O3S/c1-2-3-14-22-17(9-12-19-22)21-18(23)10-13-20-26(24,25)15-11-16-7-5-4-6-8-16/h4-9,11-12,15,20H,2-3,10,13-14H2,1H3,(H,21,23). The van der Waals surface area contributed by atoms with Gasteiger partial charge >= 0.3 is 0 Å². The van der Waals surface area contributed by atoms with E-state index in [0.29, 0.717) is 5.82 Å². The smallest absolute Gasteiger partial charge is 0.233 e. The highest BCUT2D eigenvalue weighted by molar-refractivity contribution is 7.92. The second-order valence-corrected chi connectivity index (χ2v) is 7.39. The molecule has 0 spiro atoms. The molecule has 0 aliphatic rings. The normalized spacial score (nSPS) is 11.7. The summed E-state index contributed by atoms with van der Waals surface area (Å²) in [6.45, 7) is 2.84. The maximum atomic E-state index is 12.0. The lowest BCUT2D eigenvalue weighted by Gasteiger charge is -2.08. The number of nitrogens with one attached hydrogen (secondary N) is 2. The fourth-order valence-electron chi connectivity index (χ4n) is 2.22. The van der Waals surface area contributed by atoms with Gasteiger partial charge in [-0.1, -0.05) is 43.7 Å². The summed E-state index contributed by atoms with van der Waals surface area (Å²) in [4.78, 5) is 12.0. The van der Waals surface area contributed by atoms with Crippen LogP contribution < -0.4 is 10.0 Å². The molecular weight excluding hydrogens is 352 g/mol. The monoisotopic (exact) mass is 376 g/mol. The van der Waals surface area contributed by atoms with E-state index >= 15 is 0 Å². The molecule has 2 rings (SSSR count). The Morgan fingerprint density at radius 3 is 2.73 bits per heavy atom. The number of carbonyl (C=O) groups is 1. The Kier molecular flexibility index (Phi) is 7.55. The predicted octanol–water partition coefficient (Wildman–Crippen LogP) is 2.60. The highest BCUT2D eigenvalue weighted by Crippen LogP contribution is 2.08. The number of benzene rings is 1. The third kappa shape index (κ3) is 6.81. The number of aryl methyl sites for hydroxylation is 1. The van der Waals surface area contributed by atoms with Crippen molar-refractivity contribution in [1.29, 1.82) is 0 Å². The first kappa shape index (κ1) is 19.9. The molecule has 0 radical (unpaired) electrons. The summed E-state index contributed by atoms with van der Waals surface area (Å²) in [5.74, 6) is 0.355. The van der Waals surface area contributed by atoms with Crippen molar-refractivity contribution in [2.45, 2.75) is 32.7 Å². The maximum Gasteiger partial charge on any atom is 0.233 e. The van der Waals surface area contributed by atoms with E-state index in [9.17, 15) is 13.2 Å². The van der Waals surface area contributed by atoms with Crippen LogP contribution in [0.15, 0.2) is 48.0 Å². The van der Waals surface area contributed by atoms with Gasteiger partial charge in [0.1, 0.15) is 5.82 Å². The molecule has 7 nitrogen and oxygen atoms in total. The maximum absolute atomic E-state index is 12.0. The fraction of sp³-hybridized carbons (Fsp3) is 0.333. The Balaban J connectivity index is 1.79. The minimum Gasteiger partial charge on any atom is -0.311 e. The molecule has 1 heterocycles. The fourth-order valence-corrected chi connectivity index (χ4v) is 3.04. The predicted molar refractivity (Wildman–Crippen MR) is 103 cm³/mol. The van der Waals surface area contributed by atoms with Gasteiger partial charge in [-0.15, -0.1) is 0 Å². The van der Waals surface area contributed by atoms with E-state index in [1.807, 2.05) is 18.2 Å². The second kappa shape index (κ2) is 9.88. The van der Waals surface area contributed by atoms with Crippen LogP contribution in [0.2, 0.25) is 0 Å². The Bertz CT molecular complexity index is 829. The lowest BCUT2D eigenvalue weighted by Crippen LogP contribution is -2.26. The molecule has 0 unspecified atom stereocenters. The quantitative estimate of drug-likeness (QED) is 0.666. The Morgan fingerprint density at radius 2 is 2.00 bits per heavy atom. The zero-order valence-corrected chi connectivity index (χ0v) is 15.6. The van der Waals surface area contributed by atoms with Crippen LogP contribution in [0.5, 0.6) is 0 Å². The summed E-state index contributed by atoms with van der Waals surface area (Å²) in [5.41, 5.74) is 0.788. The average Bonchev–Trinajstić information content (AvgIpc) is 3.06. The summed E-state index contributed by atoms with van der Waals surface area (Å²) in [5, 5.41) is 8.01. The van der Waals surface area contributed by atoms with Crippen LogP contribution in [0.1, 0.15) is 31.7 Å². The van der Waals surface area contributed by atoms with Gasteiger partial charge in [-0.3, -0.25) is 4.79 Å². The van der Waals surface area contributed by atoms with E-state index in [1.165, 1.54) is 6.08 Å². The molecule has 2 aromatic rings. The van der Waals surface area contributed by atoms with E-state index in [1.54, 1.807) is 29.1 Å². The molecule has 0 fully saturated rings. The number of amides is 1. The molecule has 1 aromatic carbocycles. The topological polar surface area (TPSA) is 93.1 Å². The molecule has 1 amide bonds. The third-order valence-electron chi connectivity index (χ3n) is 3.60. The van der Waals surface area contributed by atoms with Gasteiger partial charge in [0.25, 0.3) is 0 Å². The van der Waals surface area contributed by atoms with E-state index in [2.05, 4.69) is 22.1 Å². The zero-order valence-electron chi connectivity index (χ0n) is 14.8. The summed E-state index contributed by atoms with van der Waals surface area (Å²) in [6.07, 6.45) is 5.18. The number of anilines is 1. The van der Waals surface area contributed by atoms with Crippen molar-refractivity contribution in [1.82, 2.24) is 14.5 Å². The van der Waals surface area contributed by atoms with Crippen LogP contribution in [-0.2, 0) is 21.4 Å². The molecule has 1 aromatic heterocycles. The first-order chi connectivity index (χ1) is 12.5. The van der Waals surface area contributed by atoms with E-state index in [0.717, 1.165) is 30.4 Å². The van der Waals surface area contributed by atoms with Crippen LogP contribution in [0, 0.1) is 0 Å². The highest BCUT2D eigenvalue weighted by Gasteiger charge is 2.09. The van der Waals surface area contributed by atoms with Gasteiger partial charge in [0.2, 0.25) is 15.9 Å². The first-order valence-electron chi connectivity index (χ1n) is 8.54. The number of hydrogen-bond donors (Lipinski definition) is 2. The molecule has 140 valence electrons. The van der Waals surface area contributed by atoms with E-state index in [4.69, 9.17) is 0 Å². The molecular formula is C18H24N4O3S. The van der Waals surface area contributed by atoms with Gasteiger partial charge in [-0.2, -0.15) is 5.10 Å². The number of sulfonamides is 1. The largest absolute Gasteiger partial charge is 0.311 e. The molecule has 0 aliphatic carbocycles. The number of hydrogen-bond acceptors (Lipinski definition) is 4. The molecule has 0 aliphatic heterocycles. The van der Waals surface area contributed by atoms with Crippen LogP contribution in [0.4, 0.5) is 5.82 Å². The molecule has 8 heteroatoms. The highest BCUT2D eigenvalue weighted by atomic mass is 32.2. The number of unbranched alkanes of at least 4 members (excludes halogenated alkanes) is 1. The van der Waals surface area contributed by atoms with Crippen molar-refractivity contribution in [3.8, 4) is 0 Å². The van der Waals surface area contributed by atoms with Gasteiger partial charge in [0.15, 0.2) is 0 Å². The van der Waals surface area contributed by atoms with Gasteiger partial charge < -0.3 is 5.32 Å². The minimum atomic E-state index is -3.59. The average molecular weight is 376 g/mol. The Morgan fingerprint density at radius 1 is 1.23 bits per heavy atom. The molecule has 0 atom stereocenters. The molecule has 0 saturated heterocycles. The van der Waals surface area contributed by atoms with Crippen molar-refractivity contribution in [3.05, 3.63) is 53.6 Å². The van der Waals surface area contributed by atoms with Gasteiger partial charge in [0.05, 0.1) is 6.20 Å². The molecule has 0 bridgehead atoms. The van der Waals surface area contributed by atoms with Gasteiger partial charge in [0, 0.05) is 31.0 Å². The number of rotatable bonds is 10. The van der Waals surface area contributed by atoms with Crippen molar-refractivity contribution in [3.63, 3.8) is 0 Å². The Labute approximate surface area is 154 Å². The molecule has 26 heavy (non-hydrogen) atoms. The number of nitrogens with zero attached hydrogens (tertiary/aromatic N) is 2. The SMILES string of the molecule is CCCCn1nccc1NC(=O)CCNS(=O)(=O)C=Cc1ccccc1. The van der Waals surface area contributed by atoms with Crippen LogP contribution >= 0.6 is 0 Å². The van der Waals surface area contributed by atoms with Gasteiger partial charge in [-0.05, 0) is 18.1 Å². The lowest BCUT2D eigenvalue weighted by atomic mass is 10.2. The van der Waals surface area contributed by atoms with Crippen LogP contribution in [0.25, 0.3) is 6.08 Å². The van der Waals surface area contributed by atoms with Crippen molar-refractivity contribution >= 4 is 27.8 Å². The van der Waals surface area contributed by atoms with Crippen molar-refractivity contribution in [2.75, 3.05) is 11.9 Å². The van der Waals surface area contributed by atoms with Crippen molar-refractivity contribution < 1.29 is 13.2 Å². The molecule has 2 N–H and O–H groups in total. The minimum absolute atomic E-state index is 0.0242. The Hall–Kier alpha value is -2.45. The second-order valence-electron chi connectivity index (χ2n) is 5.74. The van der Waals surface area contributed by atoms with Crippen LogP contribution in [-0.4, -0.2) is 30.7 Å². The van der Waals surface area contributed by atoms with Gasteiger partial charge in [-0.25, -0.2) is 17.8 Å². The lowest BCUT2D eigenvalue weighted by molar-refractivity contribution is -0.116.